The van der Waals surface area contributed by atoms with Gasteiger partial charge in [-0.1, -0.05) is 6.92 Å². The molecular weight excluding hydrogens is 162 g/mol. The van der Waals surface area contributed by atoms with Crippen LogP contribution in [0.4, 0.5) is 0 Å². The third-order valence-corrected chi connectivity index (χ3v) is 3.03. The van der Waals surface area contributed by atoms with Crippen molar-refractivity contribution in [3.63, 3.8) is 0 Å². The zero-order valence-corrected chi connectivity index (χ0v) is 9.00. The summed E-state index contributed by atoms with van der Waals surface area (Å²) in [6.07, 6.45) is 2.72. The van der Waals surface area contributed by atoms with Gasteiger partial charge in [0.2, 0.25) is 0 Å². The molecule has 78 valence electrons. The maximum Gasteiger partial charge on any atom is 0.0220 e. The van der Waals surface area contributed by atoms with Crippen LogP contribution in [0.3, 0.4) is 0 Å². The predicted octanol–water partition coefficient (Wildman–Crippen LogP) is 0.361. The Morgan fingerprint density at radius 2 is 2.31 bits per heavy atom. The molecule has 1 saturated heterocycles. The molecule has 0 bridgehead atoms. The van der Waals surface area contributed by atoms with Crippen molar-refractivity contribution in [2.24, 2.45) is 5.73 Å². The largest absolute Gasteiger partial charge is 0.329 e. The third kappa shape index (κ3) is 3.25. The lowest BCUT2D eigenvalue weighted by Crippen LogP contribution is -2.40. The Morgan fingerprint density at radius 1 is 1.54 bits per heavy atom. The fourth-order valence-corrected chi connectivity index (χ4v) is 2.07. The Balaban J connectivity index is 2.27. The van der Waals surface area contributed by atoms with Crippen LogP contribution >= 0.6 is 0 Å². The van der Waals surface area contributed by atoms with Gasteiger partial charge in [-0.15, -0.1) is 0 Å². The van der Waals surface area contributed by atoms with Gasteiger partial charge in [-0.3, -0.25) is 0 Å². The van der Waals surface area contributed by atoms with Gasteiger partial charge in [0.1, 0.15) is 0 Å². The lowest BCUT2D eigenvalue weighted by Gasteiger charge is -2.27. The van der Waals surface area contributed by atoms with Gasteiger partial charge in [0.15, 0.2) is 0 Å². The molecule has 1 heterocycles. The molecule has 1 atom stereocenters. The zero-order valence-electron chi connectivity index (χ0n) is 9.00. The van der Waals surface area contributed by atoms with Crippen molar-refractivity contribution in [2.45, 2.75) is 25.8 Å². The maximum absolute atomic E-state index is 5.56. The first-order chi connectivity index (χ1) is 6.27. The fourth-order valence-electron chi connectivity index (χ4n) is 2.07. The van der Waals surface area contributed by atoms with E-state index in [1.807, 2.05) is 0 Å². The Hall–Kier alpha value is -0.120. The van der Waals surface area contributed by atoms with Crippen molar-refractivity contribution >= 4 is 0 Å². The lowest BCUT2D eigenvalue weighted by molar-refractivity contribution is 0.203. The molecule has 0 unspecified atom stereocenters. The topological polar surface area (TPSA) is 32.5 Å². The van der Waals surface area contributed by atoms with Crippen LogP contribution in [0.5, 0.6) is 0 Å². The van der Waals surface area contributed by atoms with E-state index in [2.05, 4.69) is 23.8 Å². The highest BCUT2D eigenvalue weighted by atomic mass is 15.2. The molecule has 3 heteroatoms. The molecule has 0 spiro atoms. The van der Waals surface area contributed by atoms with E-state index in [9.17, 15) is 0 Å². The average molecular weight is 185 g/mol. The van der Waals surface area contributed by atoms with Crippen LogP contribution in [-0.4, -0.2) is 55.6 Å². The maximum atomic E-state index is 5.56. The molecule has 0 aromatic heterocycles. The second-order valence-electron chi connectivity index (χ2n) is 3.96. The summed E-state index contributed by atoms with van der Waals surface area (Å²) in [6.45, 7) is 7.63. The summed E-state index contributed by atoms with van der Waals surface area (Å²) >= 11 is 0. The smallest absolute Gasteiger partial charge is 0.0220 e. The monoisotopic (exact) mass is 185 g/mol. The number of rotatable bonds is 5. The Labute approximate surface area is 81.9 Å². The van der Waals surface area contributed by atoms with Crippen molar-refractivity contribution in [3.8, 4) is 0 Å². The van der Waals surface area contributed by atoms with Crippen LogP contribution < -0.4 is 5.73 Å². The molecule has 1 fully saturated rings. The molecule has 0 radical (unpaired) electrons. The summed E-state index contributed by atoms with van der Waals surface area (Å²) in [4.78, 5) is 4.92. The summed E-state index contributed by atoms with van der Waals surface area (Å²) in [7, 11) is 2.23. The second-order valence-corrected chi connectivity index (χ2v) is 3.96. The van der Waals surface area contributed by atoms with Gasteiger partial charge in [0.05, 0.1) is 0 Å². The second kappa shape index (κ2) is 5.58. The number of hydrogen-bond donors (Lipinski definition) is 1. The summed E-state index contributed by atoms with van der Waals surface area (Å²) in [6, 6.07) is 0.770. The molecule has 13 heavy (non-hydrogen) atoms. The van der Waals surface area contributed by atoms with Gasteiger partial charge >= 0.3 is 0 Å². The van der Waals surface area contributed by atoms with E-state index in [-0.39, 0.29) is 0 Å². The summed E-state index contributed by atoms with van der Waals surface area (Å²) < 4.78 is 0. The van der Waals surface area contributed by atoms with Gasteiger partial charge in [0, 0.05) is 25.7 Å². The van der Waals surface area contributed by atoms with Gasteiger partial charge in [-0.25, -0.2) is 0 Å². The number of hydrogen-bond acceptors (Lipinski definition) is 3. The minimum absolute atomic E-state index is 0.770. The van der Waals surface area contributed by atoms with Crippen LogP contribution in [0.1, 0.15) is 19.8 Å². The first-order valence-electron chi connectivity index (χ1n) is 5.40. The van der Waals surface area contributed by atoms with Crippen LogP contribution in [0.25, 0.3) is 0 Å². The molecule has 0 saturated carbocycles. The predicted molar refractivity (Wildman–Crippen MR) is 56.8 cm³/mol. The van der Waals surface area contributed by atoms with Crippen molar-refractivity contribution in [1.82, 2.24) is 9.80 Å². The molecule has 1 aliphatic heterocycles. The molecular formula is C10H23N3. The standard InChI is InChI=1S/C10H23N3/c1-3-13(8-6-11)9-10-5-4-7-12(10)2/h10H,3-9,11H2,1-2H3/t10-/m0/s1. The third-order valence-electron chi connectivity index (χ3n) is 3.03. The van der Waals surface area contributed by atoms with E-state index in [1.54, 1.807) is 0 Å². The zero-order chi connectivity index (χ0) is 9.68. The molecule has 0 aromatic rings. The highest BCUT2D eigenvalue weighted by Gasteiger charge is 2.22. The Morgan fingerprint density at radius 3 is 2.77 bits per heavy atom. The molecule has 1 rings (SSSR count). The SMILES string of the molecule is CCN(CCN)C[C@@H]1CCCN1C. The minimum Gasteiger partial charge on any atom is -0.329 e. The fraction of sp³-hybridized carbons (Fsp3) is 1.00. The quantitative estimate of drug-likeness (QED) is 0.671. The first kappa shape index (κ1) is 11.0. The van der Waals surface area contributed by atoms with E-state index >= 15 is 0 Å². The summed E-state index contributed by atoms with van der Waals surface area (Å²) in [5, 5.41) is 0. The number of nitrogens with two attached hydrogens (primary N) is 1. The van der Waals surface area contributed by atoms with E-state index in [1.165, 1.54) is 25.9 Å². The van der Waals surface area contributed by atoms with Crippen molar-refractivity contribution in [2.75, 3.05) is 39.8 Å². The normalized spacial score (nSPS) is 24.5. The molecule has 0 aromatic carbocycles. The molecule has 1 aliphatic rings. The first-order valence-corrected chi connectivity index (χ1v) is 5.40. The Kier molecular flexibility index (Phi) is 4.70. The van der Waals surface area contributed by atoms with E-state index < -0.39 is 0 Å². The van der Waals surface area contributed by atoms with Gasteiger partial charge < -0.3 is 15.5 Å². The average Bonchev–Trinajstić information content (AvgIpc) is 2.51. The van der Waals surface area contributed by atoms with Gasteiger partial charge in [-0.2, -0.15) is 0 Å². The molecule has 2 N–H and O–H groups in total. The van der Waals surface area contributed by atoms with E-state index in [0.717, 1.165) is 25.7 Å². The molecule has 0 amide bonds. The van der Waals surface area contributed by atoms with Crippen molar-refractivity contribution < 1.29 is 0 Å². The van der Waals surface area contributed by atoms with E-state index in [0.29, 0.717) is 0 Å². The lowest BCUT2D eigenvalue weighted by atomic mass is 10.2. The Bertz CT molecular complexity index is 138. The van der Waals surface area contributed by atoms with Gasteiger partial charge in [-0.05, 0) is 33.0 Å². The number of nitrogens with zero attached hydrogens (tertiary/aromatic N) is 2. The highest BCUT2D eigenvalue weighted by Crippen LogP contribution is 2.15. The van der Waals surface area contributed by atoms with Crippen LogP contribution in [0, 0.1) is 0 Å². The van der Waals surface area contributed by atoms with Gasteiger partial charge in [0.25, 0.3) is 0 Å². The van der Waals surface area contributed by atoms with E-state index in [4.69, 9.17) is 5.73 Å². The van der Waals surface area contributed by atoms with Crippen molar-refractivity contribution in [3.05, 3.63) is 0 Å². The summed E-state index contributed by atoms with van der Waals surface area (Å²) in [5.74, 6) is 0. The summed E-state index contributed by atoms with van der Waals surface area (Å²) in [5.41, 5.74) is 5.56. The van der Waals surface area contributed by atoms with Crippen LogP contribution in [-0.2, 0) is 0 Å². The van der Waals surface area contributed by atoms with Crippen LogP contribution in [0.15, 0.2) is 0 Å². The number of likely N-dealkylation sites (N-methyl/N-ethyl adjacent to an activating group) is 2. The molecule has 0 aliphatic carbocycles. The minimum atomic E-state index is 0.770. The van der Waals surface area contributed by atoms with Crippen molar-refractivity contribution in [1.29, 1.82) is 0 Å². The van der Waals surface area contributed by atoms with Crippen LogP contribution in [0.2, 0.25) is 0 Å². The molecule has 3 nitrogen and oxygen atoms in total. The number of likely N-dealkylation sites (tertiary alicyclic amines) is 1. The highest BCUT2D eigenvalue weighted by molar-refractivity contribution is 4.79.